The van der Waals surface area contributed by atoms with Crippen LogP contribution in [0.5, 0.6) is 0 Å². The number of rotatable bonds is 27. The number of methoxy groups -OCH3 is 1. The molecule has 1 aliphatic carbocycles. The van der Waals surface area contributed by atoms with Crippen LogP contribution in [0.25, 0.3) is 10.9 Å². The summed E-state index contributed by atoms with van der Waals surface area (Å²) in [5, 5.41) is 19.1. The molecule has 1 spiro atoms. The highest BCUT2D eigenvalue weighted by Crippen LogP contribution is 2.59. The molecule has 2 aromatic rings. The topological polar surface area (TPSA) is 326 Å². The van der Waals surface area contributed by atoms with Gasteiger partial charge >= 0.3 is 6.09 Å². The lowest BCUT2D eigenvalue weighted by Crippen LogP contribution is -2.58. The number of alkyl carbamates (subject to hydrolysis) is 1. The normalized spacial score (nSPS) is 25.2. The van der Waals surface area contributed by atoms with E-state index in [0.29, 0.717) is 50.0 Å². The summed E-state index contributed by atoms with van der Waals surface area (Å²) < 4.78 is 24.2. The van der Waals surface area contributed by atoms with E-state index >= 15 is 0 Å². The van der Waals surface area contributed by atoms with Crippen LogP contribution in [0.2, 0.25) is 0 Å². The number of carbonyl (C=O) groups is 9. The summed E-state index contributed by atoms with van der Waals surface area (Å²) in [6, 6.07) is 1.84. The third-order valence-electron chi connectivity index (χ3n) is 15.2. The molecule has 0 bridgehead atoms. The Bertz CT molecular complexity index is 2520. The molecular weight excluding hydrogens is 1020 g/mol. The standard InChI is InChI=1S/C53H78N10O13S/c1-9-30(4)43(62-49(70)37-15-12-21-63(37)42(66)27-58-51(72)75-38-18-20-53(28-74-53)45(44(38)73-7)52(6)39(76-52)17-16-29(2)3)50(71)57-26-41(65)60-35(19-22-77-8)47(68)61-36(23-32-24-55-34-14-11-10-13-33(32)34)48(69)59-31(5)46(67)56-25-40(54)64/h10-11,13-14,16,24,30-31,35-39,43-45,55H,9,12,15,17-23,25-28H2,1-8H3,(H2,54,64)(H,56,67)(H,57,71)(H,58,72)(H,59,69)(H,60,65)(H,61,68)(H,62,70)/t30-,31-,35-,36-,37-,38?,39+,43-,44+,45+,52+,53-/m0/s1. The van der Waals surface area contributed by atoms with E-state index < -0.39 is 133 Å². The summed E-state index contributed by atoms with van der Waals surface area (Å²) in [7, 11) is 1.58. The molecule has 1 aromatic heterocycles. The first kappa shape index (κ1) is 60.0. The number of allylic oxidation sites excluding steroid dienone is 1. The zero-order valence-electron chi connectivity index (χ0n) is 45.4. The summed E-state index contributed by atoms with van der Waals surface area (Å²) >= 11 is 1.42. The number of benzene rings is 1. The second-order valence-corrected chi connectivity index (χ2v) is 21.9. The van der Waals surface area contributed by atoms with Crippen molar-refractivity contribution in [2.75, 3.05) is 51.9 Å². The molecule has 4 aliphatic rings. The van der Waals surface area contributed by atoms with E-state index in [9.17, 15) is 43.2 Å². The summed E-state index contributed by atoms with van der Waals surface area (Å²) in [5.41, 5.74) is 6.89. The molecule has 9 amide bonds. The minimum Gasteiger partial charge on any atom is -0.443 e. The molecule has 3 saturated heterocycles. The Morgan fingerprint density at radius 3 is 2.31 bits per heavy atom. The van der Waals surface area contributed by atoms with Gasteiger partial charge in [-0.05, 0) is 95.8 Å². The van der Waals surface area contributed by atoms with Gasteiger partial charge in [-0.3, -0.25) is 38.4 Å². The molecule has 4 heterocycles. The molecule has 6 rings (SSSR count). The Kier molecular flexibility index (Phi) is 20.9. The van der Waals surface area contributed by atoms with E-state index in [1.807, 2.05) is 51.3 Å². The number of para-hydroxylation sites is 1. The van der Waals surface area contributed by atoms with Crippen molar-refractivity contribution >= 4 is 76.0 Å². The highest BCUT2D eigenvalue weighted by atomic mass is 32.2. The van der Waals surface area contributed by atoms with Crippen LogP contribution in [0.3, 0.4) is 0 Å². The van der Waals surface area contributed by atoms with E-state index in [1.165, 1.54) is 29.2 Å². The van der Waals surface area contributed by atoms with Crippen LogP contribution in [0.15, 0.2) is 42.1 Å². The van der Waals surface area contributed by atoms with Gasteiger partial charge in [-0.25, -0.2) is 4.79 Å². The van der Waals surface area contributed by atoms with Crippen LogP contribution in [-0.4, -0.2) is 175 Å². The van der Waals surface area contributed by atoms with E-state index in [4.69, 9.17) is 24.7 Å². The molecule has 424 valence electrons. The third-order valence-corrected chi connectivity index (χ3v) is 15.8. The number of aromatic nitrogens is 1. The molecule has 12 atom stereocenters. The van der Waals surface area contributed by atoms with E-state index in [-0.39, 0.29) is 31.4 Å². The number of hydrogen-bond acceptors (Lipinski definition) is 14. The van der Waals surface area contributed by atoms with Crippen molar-refractivity contribution in [1.82, 2.24) is 47.1 Å². The highest BCUT2D eigenvalue weighted by Gasteiger charge is 2.72. The minimum absolute atomic E-state index is 0.000370. The van der Waals surface area contributed by atoms with Gasteiger partial charge in [0.2, 0.25) is 47.3 Å². The number of H-pyrrole nitrogens is 1. The van der Waals surface area contributed by atoms with Crippen molar-refractivity contribution in [1.29, 1.82) is 0 Å². The van der Waals surface area contributed by atoms with Gasteiger partial charge < -0.3 is 71.8 Å². The second kappa shape index (κ2) is 26.9. The first-order valence-corrected chi connectivity index (χ1v) is 27.8. The van der Waals surface area contributed by atoms with Crippen LogP contribution in [0.1, 0.15) is 92.1 Å². The van der Waals surface area contributed by atoms with Crippen LogP contribution < -0.4 is 43.0 Å². The number of aromatic amines is 1. The highest BCUT2D eigenvalue weighted by molar-refractivity contribution is 7.98. The molecular formula is C53H78N10O13S. The molecule has 10 N–H and O–H groups in total. The molecule has 1 unspecified atom stereocenters. The maximum absolute atomic E-state index is 14.0. The number of hydrogen-bond donors (Lipinski definition) is 9. The Morgan fingerprint density at radius 2 is 1.64 bits per heavy atom. The number of fused-ring (bicyclic) bond motifs is 1. The molecule has 23 nitrogen and oxygen atoms in total. The van der Waals surface area contributed by atoms with Gasteiger partial charge in [0, 0.05) is 37.2 Å². The summed E-state index contributed by atoms with van der Waals surface area (Å²) in [6.45, 7) is 10.5. The van der Waals surface area contributed by atoms with Crippen LogP contribution in [-0.2, 0) is 63.7 Å². The fourth-order valence-electron chi connectivity index (χ4n) is 10.5. The predicted molar refractivity (Wildman–Crippen MR) is 286 cm³/mol. The summed E-state index contributed by atoms with van der Waals surface area (Å²) in [4.78, 5) is 124. The fourth-order valence-corrected chi connectivity index (χ4v) is 11.0. The van der Waals surface area contributed by atoms with E-state index in [0.717, 1.165) is 17.3 Å². The number of primary amides is 1. The van der Waals surface area contributed by atoms with Crippen molar-refractivity contribution in [3.8, 4) is 0 Å². The quantitative estimate of drug-likeness (QED) is 0.0445. The zero-order chi connectivity index (χ0) is 56.2. The SMILES string of the molecule is CC[C@H](C)[C@H](NC(=O)[C@@H]1CCCN1C(=O)CNC(=O)OC1CC[C@]2(CO2)[C@@H]([C@]2(C)O[C@@H]2CC=C(C)C)[C@@H]1OC)C(=O)NCC(=O)N[C@@H](CCSC)C(=O)N[C@@H](Cc1c[nH]c2ccccc12)C(=O)N[C@@H](C)C(=O)NCC(N)=O. The fraction of sp³-hybridized carbons (Fsp3) is 0.642. The number of carbonyl (C=O) groups excluding carboxylic acids is 9. The smallest absolute Gasteiger partial charge is 0.407 e. The number of likely N-dealkylation sites (tertiary alicyclic amines) is 1. The van der Waals surface area contributed by atoms with Crippen LogP contribution >= 0.6 is 11.8 Å². The largest absolute Gasteiger partial charge is 0.443 e. The Labute approximate surface area is 453 Å². The number of nitrogens with one attached hydrogen (secondary N) is 8. The number of nitrogens with zero attached hydrogens (tertiary/aromatic N) is 1. The summed E-state index contributed by atoms with van der Waals surface area (Å²) in [5.74, 6) is -5.48. The van der Waals surface area contributed by atoms with Crippen molar-refractivity contribution in [3.63, 3.8) is 0 Å². The number of nitrogens with two attached hydrogens (primary N) is 1. The van der Waals surface area contributed by atoms with Crippen molar-refractivity contribution < 1.29 is 62.1 Å². The molecule has 24 heteroatoms. The second-order valence-electron chi connectivity index (χ2n) is 21.0. The first-order chi connectivity index (χ1) is 36.6. The Hall–Kier alpha value is -6.24. The summed E-state index contributed by atoms with van der Waals surface area (Å²) in [6.07, 6.45) is 7.02. The van der Waals surface area contributed by atoms with Gasteiger partial charge in [0.25, 0.3) is 0 Å². The average Bonchev–Trinajstić information content (AvgIpc) is 4.34. The molecule has 77 heavy (non-hydrogen) atoms. The van der Waals surface area contributed by atoms with Gasteiger partial charge in [0.15, 0.2) is 0 Å². The van der Waals surface area contributed by atoms with Gasteiger partial charge in [0.1, 0.15) is 60.2 Å². The maximum Gasteiger partial charge on any atom is 0.407 e. The molecule has 0 radical (unpaired) electrons. The minimum atomic E-state index is -1.23. The van der Waals surface area contributed by atoms with Gasteiger partial charge in [-0.2, -0.15) is 11.8 Å². The Balaban J connectivity index is 1.02. The Morgan fingerprint density at radius 1 is 0.922 bits per heavy atom. The molecule has 1 saturated carbocycles. The predicted octanol–water partition coefficient (Wildman–Crippen LogP) is 0.980. The lowest BCUT2D eigenvalue weighted by atomic mass is 9.68. The van der Waals surface area contributed by atoms with Crippen molar-refractivity contribution in [3.05, 3.63) is 47.7 Å². The average molecular weight is 1100 g/mol. The van der Waals surface area contributed by atoms with Gasteiger partial charge in [-0.1, -0.05) is 50.1 Å². The van der Waals surface area contributed by atoms with Crippen LogP contribution in [0.4, 0.5) is 4.79 Å². The number of epoxide rings is 2. The van der Waals surface area contributed by atoms with Gasteiger partial charge in [0.05, 0.1) is 31.7 Å². The number of amides is 9. The van der Waals surface area contributed by atoms with E-state index in [1.54, 1.807) is 20.2 Å². The molecule has 3 aliphatic heterocycles. The maximum atomic E-state index is 14.0. The lowest BCUT2D eigenvalue weighted by Gasteiger charge is -2.42. The molecule has 1 aromatic carbocycles. The van der Waals surface area contributed by atoms with E-state index in [2.05, 4.69) is 55.2 Å². The van der Waals surface area contributed by atoms with Crippen LogP contribution in [0, 0.1) is 11.8 Å². The van der Waals surface area contributed by atoms with Crippen molar-refractivity contribution in [2.24, 2.45) is 17.6 Å². The first-order valence-electron chi connectivity index (χ1n) is 26.4. The third kappa shape index (κ3) is 15.5. The molecule has 4 fully saturated rings. The zero-order valence-corrected chi connectivity index (χ0v) is 46.2. The monoisotopic (exact) mass is 1090 g/mol. The van der Waals surface area contributed by atoms with Gasteiger partial charge in [-0.15, -0.1) is 0 Å². The number of thioether (sulfide) groups is 1. The number of ether oxygens (including phenoxy) is 4. The lowest BCUT2D eigenvalue weighted by molar-refractivity contribution is -0.139. The van der Waals surface area contributed by atoms with Crippen molar-refractivity contribution in [2.45, 2.75) is 153 Å².